The van der Waals surface area contributed by atoms with Crippen LogP contribution in [0.3, 0.4) is 0 Å². The Hall–Kier alpha value is -2.24. The van der Waals surface area contributed by atoms with Gasteiger partial charge in [-0.25, -0.2) is 9.31 Å². The second-order valence-corrected chi connectivity index (χ2v) is 8.93. The summed E-state index contributed by atoms with van der Waals surface area (Å²) in [5.41, 5.74) is 2.04. The predicted molar refractivity (Wildman–Crippen MR) is 98.3 cm³/mol. The number of ether oxygens (including phenoxy) is 1. The zero-order valence-corrected chi connectivity index (χ0v) is 15.7. The highest BCUT2D eigenvalue weighted by Crippen LogP contribution is 2.49. The molecule has 3 heterocycles. The second-order valence-electron chi connectivity index (χ2n) is 8.93. The van der Waals surface area contributed by atoms with Gasteiger partial charge in [0, 0.05) is 36.3 Å². The molecule has 1 N–H and O–H groups in total. The average Bonchev–Trinajstić information content (AvgIpc) is 2.94. The summed E-state index contributed by atoms with van der Waals surface area (Å²) in [6.45, 7) is 7.33. The molecule has 0 bridgehead atoms. The number of rotatable bonds is 1. The molecule has 0 unspecified atom stereocenters. The van der Waals surface area contributed by atoms with Crippen LogP contribution in [0.1, 0.15) is 57.9 Å². The first kappa shape index (κ1) is 17.2. The van der Waals surface area contributed by atoms with Crippen LogP contribution in [-0.4, -0.2) is 44.4 Å². The smallest absolute Gasteiger partial charge is 0.410 e. The van der Waals surface area contributed by atoms with Crippen LogP contribution in [0.2, 0.25) is 0 Å². The van der Waals surface area contributed by atoms with E-state index in [4.69, 9.17) is 4.74 Å². The summed E-state index contributed by atoms with van der Waals surface area (Å²) in [6, 6.07) is 3.44. The minimum atomic E-state index is -0.438. The first-order chi connectivity index (χ1) is 12.2. The van der Waals surface area contributed by atoms with Gasteiger partial charge in [-0.15, -0.1) is 0 Å². The molecule has 0 atom stereocenters. The Balaban J connectivity index is 1.38. The molecule has 1 saturated carbocycles. The van der Waals surface area contributed by atoms with Gasteiger partial charge in [0.2, 0.25) is 0 Å². The molecule has 0 radical (unpaired) electrons. The second kappa shape index (κ2) is 5.89. The molecular formula is C20H27N3O3. The van der Waals surface area contributed by atoms with Crippen molar-refractivity contribution in [3.63, 3.8) is 0 Å². The lowest BCUT2D eigenvalue weighted by Gasteiger charge is -2.53. The van der Waals surface area contributed by atoms with Gasteiger partial charge in [0.05, 0.1) is 11.7 Å². The molecule has 4 rings (SSSR count). The van der Waals surface area contributed by atoms with Crippen molar-refractivity contribution < 1.29 is 14.6 Å². The molecule has 2 fully saturated rings. The van der Waals surface area contributed by atoms with E-state index in [2.05, 4.69) is 5.10 Å². The maximum Gasteiger partial charge on any atom is 0.410 e. The summed E-state index contributed by atoms with van der Waals surface area (Å²) < 4.78 is 7.29. The van der Waals surface area contributed by atoms with Crippen LogP contribution >= 0.6 is 0 Å². The third-order valence-corrected chi connectivity index (χ3v) is 5.73. The van der Waals surface area contributed by atoms with Crippen molar-refractivity contribution in [2.45, 2.75) is 58.0 Å². The lowest BCUT2D eigenvalue weighted by atomic mass is 9.65. The summed E-state index contributed by atoms with van der Waals surface area (Å²) in [5, 5.41) is 14.2. The quantitative estimate of drug-likeness (QED) is 0.839. The highest BCUT2D eigenvalue weighted by Gasteiger charge is 2.48. The largest absolute Gasteiger partial charge is 0.508 e. The van der Waals surface area contributed by atoms with Crippen LogP contribution < -0.4 is 0 Å². The Bertz CT molecular complexity index is 820. The average molecular weight is 357 g/mol. The molecule has 1 aliphatic carbocycles. The van der Waals surface area contributed by atoms with Crippen LogP contribution in [0.5, 0.6) is 5.75 Å². The lowest BCUT2D eigenvalue weighted by molar-refractivity contribution is -0.0505. The van der Waals surface area contributed by atoms with E-state index in [1.165, 1.54) is 5.56 Å². The summed E-state index contributed by atoms with van der Waals surface area (Å²) in [5.74, 6) is 0.744. The Morgan fingerprint density at radius 2 is 2.00 bits per heavy atom. The van der Waals surface area contributed by atoms with E-state index in [1.54, 1.807) is 18.3 Å². The van der Waals surface area contributed by atoms with Crippen LogP contribution in [0.15, 0.2) is 24.5 Å². The standard InChI is InChI=1S/C20H27N3O3/c1-19(2,3)26-18(25)22-12-20(13-22)7-4-14(5-8-20)16-11-21-23-9-6-15(24)10-17(16)23/h6,9-11,14,24H,4-5,7-8,12-13H2,1-3H3. The highest BCUT2D eigenvalue weighted by atomic mass is 16.6. The van der Waals surface area contributed by atoms with Crippen molar-refractivity contribution in [3.05, 3.63) is 30.1 Å². The fourth-order valence-corrected chi connectivity index (χ4v) is 4.38. The molecule has 2 aromatic heterocycles. The van der Waals surface area contributed by atoms with Gasteiger partial charge in [0.1, 0.15) is 11.4 Å². The maximum atomic E-state index is 12.2. The Kier molecular flexibility index (Phi) is 3.90. The summed E-state index contributed by atoms with van der Waals surface area (Å²) in [7, 11) is 0. The molecule has 6 nitrogen and oxygen atoms in total. The number of aromatic nitrogens is 2. The monoisotopic (exact) mass is 357 g/mol. The van der Waals surface area contributed by atoms with Gasteiger partial charge < -0.3 is 14.7 Å². The lowest BCUT2D eigenvalue weighted by Crippen LogP contribution is -2.60. The minimum Gasteiger partial charge on any atom is -0.508 e. The number of hydrogen-bond acceptors (Lipinski definition) is 4. The van der Waals surface area contributed by atoms with Gasteiger partial charge in [-0.2, -0.15) is 5.10 Å². The van der Waals surface area contributed by atoms with Crippen molar-refractivity contribution in [2.75, 3.05) is 13.1 Å². The molecule has 1 saturated heterocycles. The van der Waals surface area contributed by atoms with Gasteiger partial charge in [0.15, 0.2) is 0 Å². The first-order valence-corrected chi connectivity index (χ1v) is 9.39. The maximum absolute atomic E-state index is 12.2. The van der Waals surface area contributed by atoms with Crippen molar-refractivity contribution in [1.82, 2.24) is 14.5 Å². The topological polar surface area (TPSA) is 67.1 Å². The van der Waals surface area contributed by atoms with Crippen LogP contribution in [-0.2, 0) is 4.74 Å². The van der Waals surface area contributed by atoms with E-state index in [0.717, 1.165) is 44.3 Å². The van der Waals surface area contributed by atoms with Crippen molar-refractivity contribution in [1.29, 1.82) is 0 Å². The summed E-state index contributed by atoms with van der Waals surface area (Å²) in [4.78, 5) is 14.0. The normalized spacial score (nSPS) is 20.3. The molecule has 26 heavy (non-hydrogen) atoms. The van der Waals surface area contributed by atoms with Crippen LogP contribution in [0.25, 0.3) is 5.52 Å². The Labute approximate surface area is 153 Å². The fourth-order valence-electron chi connectivity index (χ4n) is 4.38. The van der Waals surface area contributed by atoms with Gasteiger partial charge >= 0.3 is 6.09 Å². The number of fused-ring (bicyclic) bond motifs is 1. The predicted octanol–water partition coefficient (Wildman–Crippen LogP) is 3.93. The Morgan fingerprint density at radius 3 is 2.65 bits per heavy atom. The van der Waals surface area contributed by atoms with E-state index in [0.29, 0.717) is 5.92 Å². The number of nitrogens with zero attached hydrogens (tertiary/aromatic N) is 3. The molecule has 140 valence electrons. The third-order valence-electron chi connectivity index (χ3n) is 5.73. The fraction of sp³-hybridized carbons (Fsp3) is 0.600. The van der Waals surface area contributed by atoms with E-state index >= 15 is 0 Å². The first-order valence-electron chi connectivity index (χ1n) is 9.39. The van der Waals surface area contributed by atoms with E-state index in [1.807, 2.05) is 36.4 Å². The van der Waals surface area contributed by atoms with Crippen molar-refractivity contribution >= 4 is 11.6 Å². The summed E-state index contributed by atoms with van der Waals surface area (Å²) >= 11 is 0. The minimum absolute atomic E-state index is 0.191. The highest BCUT2D eigenvalue weighted by molar-refractivity contribution is 5.69. The number of carbonyl (C=O) groups is 1. The number of aromatic hydroxyl groups is 1. The van der Waals surface area contributed by atoms with Gasteiger partial charge in [0.25, 0.3) is 0 Å². The Morgan fingerprint density at radius 1 is 1.31 bits per heavy atom. The molecule has 6 heteroatoms. The third kappa shape index (κ3) is 3.13. The number of likely N-dealkylation sites (tertiary alicyclic amines) is 1. The van der Waals surface area contributed by atoms with Gasteiger partial charge in [-0.1, -0.05) is 0 Å². The van der Waals surface area contributed by atoms with Gasteiger partial charge in [-0.3, -0.25) is 0 Å². The van der Waals surface area contributed by atoms with Gasteiger partial charge in [-0.05, 0) is 58.4 Å². The summed E-state index contributed by atoms with van der Waals surface area (Å²) in [6.07, 6.45) is 7.97. The number of pyridine rings is 1. The molecule has 0 aromatic carbocycles. The molecule has 1 amide bonds. The van der Waals surface area contributed by atoms with Crippen LogP contribution in [0, 0.1) is 5.41 Å². The zero-order valence-electron chi connectivity index (χ0n) is 15.7. The number of carbonyl (C=O) groups excluding carboxylic acids is 1. The number of amides is 1. The zero-order chi connectivity index (χ0) is 18.5. The molecule has 2 aliphatic rings. The van der Waals surface area contributed by atoms with E-state index < -0.39 is 5.60 Å². The molecular weight excluding hydrogens is 330 g/mol. The van der Waals surface area contributed by atoms with Crippen LogP contribution in [0.4, 0.5) is 4.79 Å². The molecule has 2 aromatic rings. The molecule has 1 aliphatic heterocycles. The van der Waals surface area contributed by atoms with Crippen molar-refractivity contribution in [2.24, 2.45) is 5.41 Å². The van der Waals surface area contributed by atoms with Crippen molar-refractivity contribution in [3.8, 4) is 5.75 Å². The van der Waals surface area contributed by atoms with E-state index in [9.17, 15) is 9.90 Å². The number of hydrogen-bond donors (Lipinski definition) is 1. The SMILES string of the molecule is CC(C)(C)OC(=O)N1CC2(CCC(c3cnn4ccc(O)cc34)CC2)C1. The van der Waals surface area contributed by atoms with E-state index in [-0.39, 0.29) is 17.3 Å². The molecule has 1 spiro atoms.